The van der Waals surface area contributed by atoms with Gasteiger partial charge in [-0.05, 0) is 61.2 Å². The Balaban J connectivity index is 1.62. The molecule has 2 N–H and O–H groups in total. The number of nitrogens with one attached hydrogen (secondary N) is 2. The summed E-state index contributed by atoms with van der Waals surface area (Å²) in [5.41, 5.74) is 4.66. The van der Waals surface area contributed by atoms with Crippen molar-refractivity contribution in [3.8, 4) is 0 Å². The smallest absolute Gasteiger partial charge is 0.229 e. The molecule has 0 unspecified atom stereocenters. The number of rotatable bonds is 6. The van der Waals surface area contributed by atoms with E-state index in [1.54, 1.807) is 6.20 Å². The largest absolute Gasteiger partial charge is 0.370 e. The van der Waals surface area contributed by atoms with Crippen LogP contribution in [-0.4, -0.2) is 16.5 Å². The molecule has 0 atom stereocenters. The van der Waals surface area contributed by atoms with Crippen molar-refractivity contribution in [3.05, 3.63) is 76.4 Å². The third kappa shape index (κ3) is 4.70. The fourth-order valence-corrected chi connectivity index (χ4v) is 2.76. The summed E-state index contributed by atoms with van der Waals surface area (Å²) >= 11 is 6.01. The second-order valence-corrected chi connectivity index (χ2v) is 6.38. The maximum Gasteiger partial charge on any atom is 0.229 e. The SMILES string of the molecule is Cc1cccc(Nc2nccc(NCCc3cccc(Cl)c3)n2)c1C. The van der Waals surface area contributed by atoms with E-state index in [1.807, 2.05) is 36.4 Å². The first-order chi connectivity index (χ1) is 12.1. The Kier molecular flexibility index (Phi) is 5.51. The van der Waals surface area contributed by atoms with Gasteiger partial charge in [0, 0.05) is 23.5 Å². The minimum atomic E-state index is 0.585. The third-order valence-electron chi connectivity index (χ3n) is 4.12. The van der Waals surface area contributed by atoms with Crippen LogP contribution >= 0.6 is 11.6 Å². The molecule has 0 saturated carbocycles. The summed E-state index contributed by atoms with van der Waals surface area (Å²) in [6, 6.07) is 15.9. The number of anilines is 3. The quantitative estimate of drug-likeness (QED) is 0.644. The van der Waals surface area contributed by atoms with E-state index in [9.17, 15) is 0 Å². The van der Waals surface area contributed by atoms with E-state index >= 15 is 0 Å². The first-order valence-electron chi connectivity index (χ1n) is 8.26. The summed E-state index contributed by atoms with van der Waals surface area (Å²) in [4.78, 5) is 8.83. The van der Waals surface area contributed by atoms with Crippen LogP contribution < -0.4 is 10.6 Å². The number of aromatic nitrogens is 2. The predicted molar refractivity (Wildman–Crippen MR) is 105 cm³/mol. The lowest BCUT2D eigenvalue weighted by Crippen LogP contribution is -2.08. The number of benzene rings is 2. The Hall–Kier alpha value is -2.59. The molecule has 0 saturated heterocycles. The van der Waals surface area contributed by atoms with Crippen LogP contribution in [0.3, 0.4) is 0 Å². The number of nitrogens with zero attached hydrogens (tertiary/aromatic N) is 2. The van der Waals surface area contributed by atoms with E-state index in [2.05, 4.69) is 46.6 Å². The predicted octanol–water partition coefficient (Wildman–Crippen LogP) is 5.15. The lowest BCUT2D eigenvalue weighted by Gasteiger charge is -2.11. The molecule has 2 aromatic carbocycles. The fraction of sp³-hybridized carbons (Fsp3) is 0.200. The van der Waals surface area contributed by atoms with Gasteiger partial charge < -0.3 is 10.6 Å². The molecule has 1 heterocycles. The van der Waals surface area contributed by atoms with Crippen molar-refractivity contribution in [2.75, 3.05) is 17.2 Å². The highest BCUT2D eigenvalue weighted by Gasteiger charge is 2.04. The molecule has 0 bridgehead atoms. The zero-order valence-electron chi connectivity index (χ0n) is 14.4. The van der Waals surface area contributed by atoms with Crippen molar-refractivity contribution in [2.45, 2.75) is 20.3 Å². The van der Waals surface area contributed by atoms with Crippen LogP contribution in [0.2, 0.25) is 5.02 Å². The molecule has 3 rings (SSSR count). The van der Waals surface area contributed by atoms with Crippen LogP contribution in [0.25, 0.3) is 0 Å². The van der Waals surface area contributed by atoms with Crippen molar-refractivity contribution in [2.24, 2.45) is 0 Å². The molecule has 0 aliphatic rings. The van der Waals surface area contributed by atoms with Gasteiger partial charge in [-0.3, -0.25) is 0 Å². The number of hydrogen-bond acceptors (Lipinski definition) is 4. The Labute approximate surface area is 153 Å². The summed E-state index contributed by atoms with van der Waals surface area (Å²) in [6.45, 7) is 4.96. The standard InChI is InChI=1S/C20H21ClN4/c1-14-5-3-8-18(15(14)2)24-20-23-12-10-19(25-20)22-11-9-16-6-4-7-17(21)13-16/h3-8,10,12-13H,9,11H2,1-2H3,(H2,22,23,24,25). The molecule has 0 amide bonds. The molecule has 0 aliphatic carbocycles. The van der Waals surface area contributed by atoms with E-state index in [-0.39, 0.29) is 0 Å². The van der Waals surface area contributed by atoms with Crippen molar-refractivity contribution in [1.29, 1.82) is 0 Å². The zero-order chi connectivity index (χ0) is 17.6. The molecular weight excluding hydrogens is 332 g/mol. The van der Waals surface area contributed by atoms with Crippen LogP contribution in [0.15, 0.2) is 54.7 Å². The molecule has 3 aromatic rings. The van der Waals surface area contributed by atoms with Gasteiger partial charge in [-0.15, -0.1) is 0 Å². The molecule has 0 spiro atoms. The average Bonchev–Trinajstić information content (AvgIpc) is 2.60. The van der Waals surface area contributed by atoms with Crippen LogP contribution in [-0.2, 0) is 6.42 Å². The molecular formula is C20H21ClN4. The van der Waals surface area contributed by atoms with E-state index in [4.69, 9.17) is 11.6 Å². The summed E-state index contributed by atoms with van der Waals surface area (Å²) < 4.78 is 0. The highest BCUT2D eigenvalue weighted by atomic mass is 35.5. The summed E-state index contributed by atoms with van der Waals surface area (Å²) in [5.74, 6) is 1.38. The van der Waals surface area contributed by atoms with Crippen LogP contribution in [0.1, 0.15) is 16.7 Å². The van der Waals surface area contributed by atoms with Gasteiger partial charge in [0.2, 0.25) is 5.95 Å². The third-order valence-corrected chi connectivity index (χ3v) is 4.35. The second-order valence-electron chi connectivity index (χ2n) is 5.94. The van der Waals surface area contributed by atoms with Gasteiger partial charge in [0.25, 0.3) is 0 Å². The Morgan fingerprint density at radius 1 is 1.04 bits per heavy atom. The number of aryl methyl sites for hydroxylation is 1. The normalized spacial score (nSPS) is 10.5. The van der Waals surface area contributed by atoms with Gasteiger partial charge >= 0.3 is 0 Å². The molecule has 1 aromatic heterocycles. The average molecular weight is 353 g/mol. The Morgan fingerprint density at radius 2 is 1.88 bits per heavy atom. The van der Waals surface area contributed by atoms with Gasteiger partial charge in [0.05, 0.1) is 0 Å². The van der Waals surface area contributed by atoms with E-state index in [0.717, 1.165) is 29.5 Å². The van der Waals surface area contributed by atoms with Gasteiger partial charge in [0.1, 0.15) is 5.82 Å². The van der Waals surface area contributed by atoms with Crippen LogP contribution in [0, 0.1) is 13.8 Å². The van der Waals surface area contributed by atoms with E-state index < -0.39 is 0 Å². The first-order valence-corrected chi connectivity index (χ1v) is 8.64. The zero-order valence-corrected chi connectivity index (χ0v) is 15.1. The first kappa shape index (κ1) is 17.2. The molecule has 0 radical (unpaired) electrons. The van der Waals surface area contributed by atoms with Crippen molar-refractivity contribution in [1.82, 2.24) is 9.97 Å². The van der Waals surface area contributed by atoms with Crippen molar-refractivity contribution < 1.29 is 0 Å². The highest BCUT2D eigenvalue weighted by molar-refractivity contribution is 6.30. The maximum atomic E-state index is 6.01. The monoisotopic (exact) mass is 352 g/mol. The van der Waals surface area contributed by atoms with Gasteiger partial charge in [-0.25, -0.2) is 4.98 Å². The van der Waals surface area contributed by atoms with Crippen LogP contribution in [0.5, 0.6) is 0 Å². The second kappa shape index (κ2) is 7.99. The number of hydrogen-bond donors (Lipinski definition) is 2. The van der Waals surface area contributed by atoms with E-state index in [1.165, 1.54) is 16.7 Å². The fourth-order valence-electron chi connectivity index (χ4n) is 2.55. The highest BCUT2D eigenvalue weighted by Crippen LogP contribution is 2.21. The van der Waals surface area contributed by atoms with Gasteiger partial charge in [-0.1, -0.05) is 35.9 Å². The van der Waals surface area contributed by atoms with Crippen molar-refractivity contribution >= 4 is 29.1 Å². The molecule has 0 aliphatic heterocycles. The minimum absolute atomic E-state index is 0.585. The van der Waals surface area contributed by atoms with Gasteiger partial charge in [-0.2, -0.15) is 4.98 Å². The Morgan fingerprint density at radius 3 is 2.72 bits per heavy atom. The molecule has 128 valence electrons. The summed E-state index contributed by atoms with van der Waals surface area (Å²) in [7, 11) is 0. The molecule has 5 heteroatoms. The topological polar surface area (TPSA) is 49.8 Å². The lowest BCUT2D eigenvalue weighted by molar-refractivity contribution is 1.00. The van der Waals surface area contributed by atoms with Crippen LogP contribution in [0.4, 0.5) is 17.5 Å². The Bertz CT molecular complexity index is 864. The van der Waals surface area contributed by atoms with Gasteiger partial charge in [0.15, 0.2) is 0 Å². The summed E-state index contributed by atoms with van der Waals surface area (Å²) in [6.07, 6.45) is 2.63. The van der Waals surface area contributed by atoms with E-state index in [0.29, 0.717) is 5.95 Å². The lowest BCUT2D eigenvalue weighted by atomic mass is 10.1. The number of halogens is 1. The maximum absolute atomic E-state index is 6.01. The minimum Gasteiger partial charge on any atom is -0.370 e. The molecule has 0 fully saturated rings. The summed E-state index contributed by atoms with van der Waals surface area (Å²) in [5, 5.41) is 7.38. The molecule has 25 heavy (non-hydrogen) atoms. The molecule has 4 nitrogen and oxygen atoms in total. The van der Waals surface area contributed by atoms with Crippen molar-refractivity contribution in [3.63, 3.8) is 0 Å².